The van der Waals surface area contributed by atoms with Gasteiger partial charge in [-0.3, -0.25) is 0 Å². The Morgan fingerprint density at radius 3 is 2.88 bits per heavy atom. The molecular formula is C11H12ClN3S. The standard InChI is InChI=1S/C11H12ClN3S/c1-7-5-11(15-13-6-7)14-8(2)9-3-4-10(12)16-9/h3-6,8H,1-2H3,(H,14,15). The molecule has 16 heavy (non-hydrogen) atoms. The van der Waals surface area contributed by atoms with Gasteiger partial charge in [-0.25, -0.2) is 0 Å². The van der Waals surface area contributed by atoms with Crippen LogP contribution in [0.4, 0.5) is 5.82 Å². The van der Waals surface area contributed by atoms with Gasteiger partial charge in [0, 0.05) is 4.88 Å². The summed E-state index contributed by atoms with van der Waals surface area (Å²) >= 11 is 7.47. The first-order valence-electron chi connectivity index (χ1n) is 4.96. The van der Waals surface area contributed by atoms with E-state index in [9.17, 15) is 0 Å². The molecule has 1 N–H and O–H groups in total. The van der Waals surface area contributed by atoms with Crippen molar-refractivity contribution in [1.82, 2.24) is 10.2 Å². The number of rotatable bonds is 3. The quantitative estimate of drug-likeness (QED) is 0.907. The van der Waals surface area contributed by atoms with Crippen LogP contribution in [0.3, 0.4) is 0 Å². The van der Waals surface area contributed by atoms with Crippen molar-refractivity contribution in [3.8, 4) is 0 Å². The molecule has 0 amide bonds. The molecule has 2 rings (SSSR count). The number of halogens is 1. The van der Waals surface area contributed by atoms with Crippen molar-refractivity contribution in [3.63, 3.8) is 0 Å². The molecule has 0 spiro atoms. The van der Waals surface area contributed by atoms with Crippen LogP contribution in [0.2, 0.25) is 4.34 Å². The Labute approximate surface area is 103 Å². The minimum atomic E-state index is 0.189. The zero-order valence-corrected chi connectivity index (χ0v) is 10.6. The average molecular weight is 254 g/mol. The monoisotopic (exact) mass is 253 g/mol. The molecule has 2 heterocycles. The second kappa shape index (κ2) is 4.80. The fourth-order valence-electron chi connectivity index (χ4n) is 1.39. The Morgan fingerprint density at radius 1 is 1.44 bits per heavy atom. The lowest BCUT2D eigenvalue weighted by Crippen LogP contribution is -2.07. The predicted molar refractivity (Wildman–Crippen MR) is 68.1 cm³/mol. The van der Waals surface area contributed by atoms with Crippen molar-refractivity contribution in [2.24, 2.45) is 0 Å². The van der Waals surface area contributed by atoms with E-state index in [1.54, 1.807) is 17.5 Å². The van der Waals surface area contributed by atoms with E-state index >= 15 is 0 Å². The van der Waals surface area contributed by atoms with Gasteiger partial charge in [-0.2, -0.15) is 5.10 Å². The number of hydrogen-bond donors (Lipinski definition) is 1. The van der Waals surface area contributed by atoms with E-state index in [1.807, 2.05) is 25.1 Å². The first kappa shape index (κ1) is 11.4. The van der Waals surface area contributed by atoms with Gasteiger partial charge in [-0.1, -0.05) is 11.6 Å². The SMILES string of the molecule is Cc1cnnc(NC(C)c2ccc(Cl)s2)c1. The Morgan fingerprint density at radius 2 is 2.25 bits per heavy atom. The van der Waals surface area contributed by atoms with Crippen molar-refractivity contribution in [1.29, 1.82) is 0 Å². The molecule has 0 bridgehead atoms. The van der Waals surface area contributed by atoms with Crippen molar-refractivity contribution < 1.29 is 0 Å². The molecule has 0 aliphatic heterocycles. The molecule has 0 aromatic carbocycles. The molecule has 0 saturated carbocycles. The van der Waals surface area contributed by atoms with E-state index in [4.69, 9.17) is 11.6 Å². The maximum atomic E-state index is 5.90. The lowest BCUT2D eigenvalue weighted by Gasteiger charge is -2.12. The van der Waals surface area contributed by atoms with Crippen molar-refractivity contribution in [2.45, 2.75) is 19.9 Å². The third kappa shape index (κ3) is 2.71. The molecule has 2 aromatic heterocycles. The molecule has 0 radical (unpaired) electrons. The van der Waals surface area contributed by atoms with Gasteiger partial charge < -0.3 is 5.32 Å². The molecule has 3 nitrogen and oxygen atoms in total. The maximum absolute atomic E-state index is 5.90. The third-order valence-electron chi connectivity index (χ3n) is 2.18. The molecule has 2 aromatic rings. The van der Waals surface area contributed by atoms with Gasteiger partial charge in [-0.05, 0) is 37.6 Å². The molecule has 1 unspecified atom stereocenters. The van der Waals surface area contributed by atoms with Crippen LogP contribution in [0.25, 0.3) is 0 Å². The number of nitrogens with zero attached hydrogens (tertiary/aromatic N) is 2. The smallest absolute Gasteiger partial charge is 0.149 e. The summed E-state index contributed by atoms with van der Waals surface area (Å²) in [5.74, 6) is 0.789. The minimum absolute atomic E-state index is 0.189. The Hall–Kier alpha value is -1.13. The molecule has 0 aliphatic rings. The number of nitrogens with one attached hydrogen (secondary N) is 1. The topological polar surface area (TPSA) is 37.8 Å². The highest BCUT2D eigenvalue weighted by Crippen LogP contribution is 2.28. The van der Waals surface area contributed by atoms with E-state index in [0.717, 1.165) is 15.7 Å². The number of aromatic nitrogens is 2. The molecule has 0 fully saturated rings. The highest BCUT2D eigenvalue weighted by Gasteiger charge is 2.08. The summed E-state index contributed by atoms with van der Waals surface area (Å²) in [5, 5.41) is 11.2. The van der Waals surface area contributed by atoms with Gasteiger partial charge in [0.15, 0.2) is 0 Å². The lowest BCUT2D eigenvalue weighted by atomic mass is 10.2. The fraction of sp³-hybridized carbons (Fsp3) is 0.273. The first-order valence-corrected chi connectivity index (χ1v) is 6.15. The molecule has 84 valence electrons. The van der Waals surface area contributed by atoms with E-state index < -0.39 is 0 Å². The van der Waals surface area contributed by atoms with Crippen LogP contribution in [0, 0.1) is 6.92 Å². The van der Waals surface area contributed by atoms with Crippen molar-refractivity contribution >= 4 is 28.8 Å². The van der Waals surface area contributed by atoms with Gasteiger partial charge in [0.25, 0.3) is 0 Å². The summed E-state index contributed by atoms with van der Waals surface area (Å²) in [5.41, 5.74) is 1.09. The van der Waals surface area contributed by atoms with Gasteiger partial charge in [0.2, 0.25) is 0 Å². The van der Waals surface area contributed by atoms with E-state index in [2.05, 4.69) is 22.4 Å². The number of aryl methyl sites for hydroxylation is 1. The molecule has 0 saturated heterocycles. The van der Waals surface area contributed by atoms with Gasteiger partial charge >= 0.3 is 0 Å². The predicted octanol–water partition coefficient (Wildman–Crippen LogP) is 3.67. The molecular weight excluding hydrogens is 242 g/mol. The third-order valence-corrected chi connectivity index (χ3v) is 3.59. The van der Waals surface area contributed by atoms with Crippen LogP contribution in [-0.4, -0.2) is 10.2 Å². The fourth-order valence-corrected chi connectivity index (χ4v) is 2.45. The van der Waals surface area contributed by atoms with Crippen LogP contribution in [0.5, 0.6) is 0 Å². The molecule has 0 aliphatic carbocycles. The van der Waals surface area contributed by atoms with Gasteiger partial charge in [0.1, 0.15) is 5.82 Å². The van der Waals surface area contributed by atoms with Crippen LogP contribution < -0.4 is 5.32 Å². The van der Waals surface area contributed by atoms with E-state index in [1.165, 1.54) is 4.88 Å². The summed E-state index contributed by atoms with van der Waals surface area (Å²) < 4.78 is 0.805. The lowest BCUT2D eigenvalue weighted by molar-refractivity contribution is 0.876. The highest BCUT2D eigenvalue weighted by molar-refractivity contribution is 7.16. The summed E-state index contributed by atoms with van der Waals surface area (Å²) in [7, 11) is 0. The second-order valence-electron chi connectivity index (χ2n) is 3.63. The van der Waals surface area contributed by atoms with E-state index in [-0.39, 0.29) is 6.04 Å². The Kier molecular flexibility index (Phi) is 3.41. The van der Waals surface area contributed by atoms with E-state index in [0.29, 0.717) is 0 Å². The van der Waals surface area contributed by atoms with Crippen molar-refractivity contribution in [3.05, 3.63) is 39.2 Å². The van der Waals surface area contributed by atoms with Crippen LogP contribution in [0.15, 0.2) is 24.4 Å². The van der Waals surface area contributed by atoms with Gasteiger partial charge in [-0.15, -0.1) is 16.4 Å². The van der Waals surface area contributed by atoms with Gasteiger partial charge in [0.05, 0.1) is 16.6 Å². The summed E-state index contributed by atoms with van der Waals surface area (Å²) in [6.45, 7) is 4.07. The van der Waals surface area contributed by atoms with Crippen LogP contribution in [-0.2, 0) is 0 Å². The largest absolute Gasteiger partial charge is 0.361 e. The van der Waals surface area contributed by atoms with Crippen LogP contribution in [0.1, 0.15) is 23.4 Å². The average Bonchev–Trinajstić information content (AvgIpc) is 2.65. The number of thiophene rings is 1. The summed E-state index contributed by atoms with van der Waals surface area (Å²) in [4.78, 5) is 1.19. The highest BCUT2D eigenvalue weighted by atomic mass is 35.5. The number of hydrogen-bond acceptors (Lipinski definition) is 4. The second-order valence-corrected chi connectivity index (χ2v) is 5.37. The first-order chi connectivity index (χ1) is 7.65. The minimum Gasteiger partial charge on any atom is -0.361 e. The Balaban J connectivity index is 2.10. The zero-order valence-electron chi connectivity index (χ0n) is 9.07. The maximum Gasteiger partial charge on any atom is 0.149 e. The normalized spacial score (nSPS) is 12.4. The summed E-state index contributed by atoms with van der Waals surface area (Å²) in [6, 6.07) is 6.09. The Bertz CT molecular complexity index is 484. The van der Waals surface area contributed by atoms with Crippen molar-refractivity contribution in [2.75, 3.05) is 5.32 Å². The number of anilines is 1. The zero-order chi connectivity index (χ0) is 11.5. The molecule has 5 heteroatoms. The molecule has 1 atom stereocenters. The van der Waals surface area contributed by atoms with Crippen LogP contribution >= 0.6 is 22.9 Å². The summed E-state index contributed by atoms with van der Waals surface area (Å²) in [6.07, 6.45) is 1.73.